The summed E-state index contributed by atoms with van der Waals surface area (Å²) in [6.45, 7) is 2.19. The van der Waals surface area contributed by atoms with E-state index in [1.54, 1.807) is 22.2 Å². The smallest absolute Gasteiger partial charge is 0.311 e. The van der Waals surface area contributed by atoms with E-state index in [1.807, 2.05) is 30.3 Å². The summed E-state index contributed by atoms with van der Waals surface area (Å²) in [5.74, 6) is -1.09. The van der Waals surface area contributed by atoms with Gasteiger partial charge in [0, 0.05) is 6.54 Å². The monoisotopic (exact) mass is 399 g/mol. The molecular weight excluding hydrogens is 378 g/mol. The predicted octanol–water partition coefficient (Wildman–Crippen LogP) is 2.04. The van der Waals surface area contributed by atoms with E-state index >= 15 is 0 Å². The molecule has 7 nitrogen and oxygen atoms in total. The second-order valence-electron chi connectivity index (χ2n) is 7.13. The number of hydrogen-bond acceptors (Lipinski definition) is 6. The Morgan fingerprint density at radius 1 is 1.25 bits per heavy atom. The zero-order valence-electron chi connectivity index (χ0n) is 15.7. The van der Waals surface area contributed by atoms with Gasteiger partial charge in [-0.25, -0.2) is 4.98 Å². The molecule has 2 aliphatic rings. The SMILES string of the molecule is COC(=O)[C@H]1C[C@H]2CN(C(=O)c3scnc3C)CC(=O)N2[C@H]1c1ccccc1. The first-order valence-corrected chi connectivity index (χ1v) is 10.0. The molecule has 2 amide bonds. The van der Waals surface area contributed by atoms with Crippen LogP contribution in [0.5, 0.6) is 0 Å². The van der Waals surface area contributed by atoms with Crippen molar-refractivity contribution in [2.45, 2.75) is 25.4 Å². The van der Waals surface area contributed by atoms with E-state index < -0.39 is 5.92 Å². The van der Waals surface area contributed by atoms with Gasteiger partial charge in [-0.1, -0.05) is 30.3 Å². The van der Waals surface area contributed by atoms with Crippen molar-refractivity contribution in [2.24, 2.45) is 5.92 Å². The number of aryl methyl sites for hydroxylation is 1. The van der Waals surface area contributed by atoms with Gasteiger partial charge in [0.2, 0.25) is 5.91 Å². The Labute approximate surface area is 166 Å². The van der Waals surface area contributed by atoms with Gasteiger partial charge in [0.25, 0.3) is 5.91 Å². The normalized spacial score (nSPS) is 24.2. The highest BCUT2D eigenvalue weighted by Crippen LogP contribution is 2.43. The minimum Gasteiger partial charge on any atom is -0.469 e. The molecule has 28 heavy (non-hydrogen) atoms. The van der Waals surface area contributed by atoms with Gasteiger partial charge in [0.1, 0.15) is 11.4 Å². The second-order valence-corrected chi connectivity index (χ2v) is 7.98. The second kappa shape index (κ2) is 7.35. The van der Waals surface area contributed by atoms with Crippen LogP contribution in [0.4, 0.5) is 0 Å². The van der Waals surface area contributed by atoms with Gasteiger partial charge in [0.15, 0.2) is 0 Å². The predicted molar refractivity (Wildman–Crippen MR) is 103 cm³/mol. The topological polar surface area (TPSA) is 79.8 Å². The lowest BCUT2D eigenvalue weighted by atomic mass is 9.93. The Bertz CT molecular complexity index is 913. The number of fused-ring (bicyclic) bond motifs is 1. The molecule has 0 spiro atoms. The zero-order valence-corrected chi connectivity index (χ0v) is 16.5. The van der Waals surface area contributed by atoms with Crippen LogP contribution in [0.15, 0.2) is 35.8 Å². The van der Waals surface area contributed by atoms with Crippen molar-refractivity contribution in [1.82, 2.24) is 14.8 Å². The van der Waals surface area contributed by atoms with Gasteiger partial charge in [-0.2, -0.15) is 0 Å². The number of rotatable bonds is 3. The summed E-state index contributed by atoms with van der Waals surface area (Å²) in [6, 6.07) is 8.96. The number of aromatic nitrogens is 1. The van der Waals surface area contributed by atoms with Gasteiger partial charge in [-0.05, 0) is 18.9 Å². The molecule has 4 rings (SSSR count). The highest BCUT2D eigenvalue weighted by atomic mass is 32.1. The third kappa shape index (κ3) is 3.07. The highest BCUT2D eigenvalue weighted by Gasteiger charge is 2.51. The van der Waals surface area contributed by atoms with Crippen molar-refractivity contribution in [1.29, 1.82) is 0 Å². The van der Waals surface area contributed by atoms with Crippen LogP contribution < -0.4 is 0 Å². The van der Waals surface area contributed by atoms with Crippen molar-refractivity contribution >= 4 is 29.1 Å². The third-order valence-electron chi connectivity index (χ3n) is 5.52. The first-order valence-electron chi connectivity index (χ1n) is 9.14. The van der Waals surface area contributed by atoms with Crippen molar-refractivity contribution in [3.05, 3.63) is 52.0 Å². The standard InChI is InChI=1S/C20H21N3O4S/c1-12-18(28-11-21-12)19(25)22-9-14-8-15(20(26)27-2)17(23(14)16(24)10-22)13-6-4-3-5-7-13/h3-7,11,14-15,17H,8-10H2,1-2H3/t14-,15-,17-/m0/s1. The lowest BCUT2D eigenvalue weighted by Gasteiger charge is -2.40. The first-order chi connectivity index (χ1) is 13.5. The van der Waals surface area contributed by atoms with Crippen molar-refractivity contribution in [3.63, 3.8) is 0 Å². The maximum atomic E-state index is 13.1. The van der Waals surface area contributed by atoms with Crippen molar-refractivity contribution in [3.8, 4) is 0 Å². The molecule has 2 saturated heterocycles. The Morgan fingerprint density at radius 2 is 2.00 bits per heavy atom. The van der Waals surface area contributed by atoms with E-state index in [0.717, 1.165) is 5.56 Å². The average molecular weight is 399 g/mol. The number of amides is 2. The third-order valence-corrected chi connectivity index (χ3v) is 6.43. The summed E-state index contributed by atoms with van der Waals surface area (Å²) in [5, 5.41) is 0. The maximum Gasteiger partial charge on any atom is 0.311 e. The van der Waals surface area contributed by atoms with E-state index in [1.165, 1.54) is 18.4 Å². The van der Waals surface area contributed by atoms with Crippen LogP contribution in [-0.4, -0.2) is 58.8 Å². The lowest BCUT2D eigenvalue weighted by molar-refractivity contribution is -0.147. The molecule has 0 N–H and O–H groups in total. The molecule has 2 fully saturated rings. The Kier molecular flexibility index (Phi) is 4.89. The number of hydrogen-bond donors (Lipinski definition) is 0. The number of ether oxygens (including phenoxy) is 1. The number of benzene rings is 1. The number of carbonyl (C=O) groups is 3. The molecule has 0 radical (unpaired) electrons. The number of nitrogens with zero attached hydrogens (tertiary/aromatic N) is 3. The molecule has 0 saturated carbocycles. The minimum atomic E-state index is -0.443. The fourth-order valence-corrected chi connectivity index (χ4v) is 5.04. The Balaban J connectivity index is 1.64. The van der Waals surface area contributed by atoms with Gasteiger partial charge >= 0.3 is 5.97 Å². The van der Waals surface area contributed by atoms with Crippen LogP contribution in [0.1, 0.15) is 33.4 Å². The molecule has 2 aromatic rings. The van der Waals surface area contributed by atoms with Crippen LogP contribution in [0, 0.1) is 12.8 Å². The number of methoxy groups -OCH3 is 1. The molecular formula is C20H21N3O4S. The molecule has 3 atom stereocenters. The van der Waals surface area contributed by atoms with Crippen molar-refractivity contribution < 1.29 is 19.1 Å². The Hall–Kier alpha value is -2.74. The first kappa shape index (κ1) is 18.6. The molecule has 0 aliphatic carbocycles. The largest absolute Gasteiger partial charge is 0.469 e. The molecule has 0 unspecified atom stereocenters. The molecule has 8 heteroatoms. The number of esters is 1. The van der Waals surface area contributed by atoms with E-state index in [9.17, 15) is 14.4 Å². The lowest BCUT2D eigenvalue weighted by Crippen LogP contribution is -2.55. The maximum absolute atomic E-state index is 13.1. The minimum absolute atomic E-state index is 0.00387. The van der Waals surface area contributed by atoms with E-state index in [2.05, 4.69) is 4.98 Å². The number of piperazine rings is 1. The number of thiazole rings is 1. The number of carbonyl (C=O) groups excluding carboxylic acids is 3. The van der Waals surface area contributed by atoms with Crippen LogP contribution in [0.3, 0.4) is 0 Å². The van der Waals surface area contributed by atoms with Gasteiger partial charge in [-0.3, -0.25) is 14.4 Å². The van der Waals surface area contributed by atoms with E-state index in [-0.39, 0.29) is 36.4 Å². The van der Waals surface area contributed by atoms with Crippen molar-refractivity contribution in [2.75, 3.05) is 20.2 Å². The quantitative estimate of drug-likeness (QED) is 0.738. The van der Waals surface area contributed by atoms with Gasteiger partial charge < -0.3 is 14.5 Å². The molecule has 3 heterocycles. The molecule has 146 valence electrons. The van der Waals surface area contributed by atoms with Crippen LogP contribution in [0.25, 0.3) is 0 Å². The summed E-state index contributed by atoms with van der Waals surface area (Å²) < 4.78 is 5.01. The molecule has 1 aromatic heterocycles. The van der Waals surface area contributed by atoms with Crippen LogP contribution >= 0.6 is 11.3 Å². The summed E-state index contributed by atoms with van der Waals surface area (Å²) >= 11 is 1.28. The summed E-state index contributed by atoms with van der Waals surface area (Å²) in [4.78, 5) is 46.4. The van der Waals surface area contributed by atoms with E-state index in [0.29, 0.717) is 23.5 Å². The summed E-state index contributed by atoms with van der Waals surface area (Å²) in [7, 11) is 1.37. The highest BCUT2D eigenvalue weighted by molar-refractivity contribution is 7.11. The fraction of sp³-hybridized carbons (Fsp3) is 0.400. The molecule has 2 aliphatic heterocycles. The zero-order chi connectivity index (χ0) is 19.8. The van der Waals surface area contributed by atoms with Crippen LogP contribution in [-0.2, 0) is 14.3 Å². The summed E-state index contributed by atoms with van der Waals surface area (Å²) in [5.41, 5.74) is 3.22. The van der Waals surface area contributed by atoms with Crippen LogP contribution in [0.2, 0.25) is 0 Å². The summed E-state index contributed by atoms with van der Waals surface area (Å²) in [6.07, 6.45) is 0.476. The molecule has 1 aromatic carbocycles. The van der Waals surface area contributed by atoms with E-state index in [4.69, 9.17) is 4.74 Å². The van der Waals surface area contributed by atoms with Gasteiger partial charge in [-0.15, -0.1) is 11.3 Å². The fourth-order valence-electron chi connectivity index (χ4n) is 4.27. The van der Waals surface area contributed by atoms with Gasteiger partial charge in [0.05, 0.1) is 36.3 Å². The Morgan fingerprint density at radius 3 is 2.64 bits per heavy atom. The molecule has 0 bridgehead atoms. The average Bonchev–Trinajstić information content (AvgIpc) is 3.31.